The average Bonchev–Trinajstić information content (AvgIpc) is 2.94. The first-order chi connectivity index (χ1) is 9.41. The number of rotatable bonds is 3. The third-order valence-electron chi connectivity index (χ3n) is 3.10. The van der Waals surface area contributed by atoms with Crippen LogP contribution in [0.25, 0.3) is 0 Å². The number of furan rings is 1. The summed E-state index contributed by atoms with van der Waals surface area (Å²) in [6.45, 7) is 1.75. The summed E-state index contributed by atoms with van der Waals surface area (Å²) in [6, 6.07) is 4.65. The predicted octanol–water partition coefficient (Wildman–Crippen LogP) is 4.04. The molecule has 20 heavy (non-hydrogen) atoms. The molecule has 0 spiro atoms. The van der Waals surface area contributed by atoms with Gasteiger partial charge in [0.25, 0.3) is 5.91 Å². The van der Waals surface area contributed by atoms with Crippen LogP contribution in [0.5, 0.6) is 0 Å². The second-order valence-corrected chi connectivity index (χ2v) is 4.76. The van der Waals surface area contributed by atoms with Gasteiger partial charge in [-0.25, -0.2) is 8.78 Å². The molecule has 1 amide bonds. The van der Waals surface area contributed by atoms with E-state index in [1.54, 1.807) is 19.1 Å². The number of benzene rings is 1. The van der Waals surface area contributed by atoms with Gasteiger partial charge in [0.1, 0.15) is 5.76 Å². The highest BCUT2D eigenvalue weighted by Gasteiger charge is 2.23. The zero-order chi connectivity index (χ0) is 14.9. The summed E-state index contributed by atoms with van der Waals surface area (Å²) in [6.07, 6.45) is 1.49. The number of hydrogen-bond donors (Lipinski definition) is 0. The van der Waals surface area contributed by atoms with Gasteiger partial charge in [-0.3, -0.25) is 4.79 Å². The maximum atomic E-state index is 13.2. The van der Waals surface area contributed by atoms with Crippen LogP contribution in [-0.4, -0.2) is 17.9 Å². The van der Waals surface area contributed by atoms with E-state index in [0.29, 0.717) is 5.76 Å². The molecule has 0 saturated carbocycles. The molecule has 6 heteroatoms. The van der Waals surface area contributed by atoms with E-state index >= 15 is 0 Å². The molecule has 0 aliphatic heterocycles. The Morgan fingerprint density at radius 2 is 2.00 bits per heavy atom. The van der Waals surface area contributed by atoms with Crippen molar-refractivity contribution in [2.45, 2.75) is 13.0 Å². The summed E-state index contributed by atoms with van der Waals surface area (Å²) in [5, 5.41) is -0.132. The normalized spacial score (nSPS) is 12.2. The number of halogens is 3. The molecule has 0 aliphatic carbocycles. The van der Waals surface area contributed by atoms with Gasteiger partial charge < -0.3 is 9.32 Å². The Hall–Kier alpha value is -1.88. The number of carbonyl (C=O) groups excluding carboxylic acids is 1. The lowest BCUT2D eigenvalue weighted by Crippen LogP contribution is -2.29. The highest BCUT2D eigenvalue weighted by Crippen LogP contribution is 2.25. The minimum absolute atomic E-state index is 0.0912. The van der Waals surface area contributed by atoms with Crippen molar-refractivity contribution in [1.29, 1.82) is 0 Å². The van der Waals surface area contributed by atoms with Crippen molar-refractivity contribution in [2.24, 2.45) is 0 Å². The summed E-state index contributed by atoms with van der Waals surface area (Å²) in [5.41, 5.74) is -0.0912. The number of nitrogens with zero attached hydrogens (tertiary/aromatic N) is 1. The molecule has 106 valence electrons. The first kappa shape index (κ1) is 14.5. The first-order valence-corrected chi connectivity index (χ1v) is 6.24. The molecule has 2 aromatic rings. The van der Waals surface area contributed by atoms with Crippen molar-refractivity contribution >= 4 is 17.5 Å². The van der Waals surface area contributed by atoms with Crippen LogP contribution in [-0.2, 0) is 0 Å². The van der Waals surface area contributed by atoms with Crippen molar-refractivity contribution in [3.63, 3.8) is 0 Å². The second kappa shape index (κ2) is 5.63. The lowest BCUT2D eigenvalue weighted by atomic mass is 10.1. The van der Waals surface area contributed by atoms with Gasteiger partial charge in [0, 0.05) is 7.05 Å². The van der Waals surface area contributed by atoms with Gasteiger partial charge in [-0.15, -0.1) is 0 Å². The Bertz CT molecular complexity index is 628. The Balaban J connectivity index is 2.29. The molecular weight excluding hydrogens is 288 g/mol. The molecule has 1 heterocycles. The maximum absolute atomic E-state index is 13.2. The van der Waals surface area contributed by atoms with Crippen molar-refractivity contribution in [3.05, 3.63) is 58.5 Å². The van der Waals surface area contributed by atoms with Gasteiger partial charge >= 0.3 is 0 Å². The Labute approximate surface area is 119 Å². The average molecular weight is 300 g/mol. The van der Waals surface area contributed by atoms with Crippen LogP contribution in [0.3, 0.4) is 0 Å². The van der Waals surface area contributed by atoms with Gasteiger partial charge in [0.05, 0.1) is 22.9 Å². The van der Waals surface area contributed by atoms with Crippen LogP contribution in [0.2, 0.25) is 5.02 Å². The van der Waals surface area contributed by atoms with Gasteiger partial charge in [-0.05, 0) is 31.2 Å². The molecule has 2 rings (SSSR count). The number of carbonyl (C=O) groups is 1. The van der Waals surface area contributed by atoms with E-state index in [2.05, 4.69) is 0 Å². The molecule has 1 atom stereocenters. The van der Waals surface area contributed by atoms with Crippen LogP contribution >= 0.6 is 11.6 Å². The molecule has 0 radical (unpaired) electrons. The quantitative estimate of drug-likeness (QED) is 0.801. The van der Waals surface area contributed by atoms with E-state index in [1.165, 1.54) is 18.2 Å². The first-order valence-electron chi connectivity index (χ1n) is 5.87. The van der Waals surface area contributed by atoms with Gasteiger partial charge in [0.2, 0.25) is 0 Å². The third kappa shape index (κ3) is 2.67. The van der Waals surface area contributed by atoms with Crippen LogP contribution in [0.1, 0.15) is 29.1 Å². The Morgan fingerprint density at radius 3 is 2.60 bits per heavy atom. The Morgan fingerprint density at radius 1 is 1.35 bits per heavy atom. The molecule has 3 nitrogen and oxygen atoms in total. The van der Waals surface area contributed by atoms with E-state index in [4.69, 9.17) is 16.0 Å². The molecule has 0 aliphatic rings. The monoisotopic (exact) mass is 299 g/mol. The third-order valence-corrected chi connectivity index (χ3v) is 3.41. The van der Waals surface area contributed by atoms with Crippen molar-refractivity contribution in [2.75, 3.05) is 7.05 Å². The zero-order valence-electron chi connectivity index (χ0n) is 10.9. The SMILES string of the molecule is CC(c1ccco1)N(C)C(=O)c1cc(F)c(F)cc1Cl. The summed E-state index contributed by atoms with van der Waals surface area (Å²) in [5.74, 6) is -2.14. The fourth-order valence-corrected chi connectivity index (χ4v) is 2.00. The molecular formula is C14H12ClF2NO2. The summed E-state index contributed by atoms with van der Waals surface area (Å²) < 4.78 is 31.5. The second-order valence-electron chi connectivity index (χ2n) is 4.35. The van der Waals surface area contributed by atoms with E-state index in [9.17, 15) is 13.6 Å². The zero-order valence-corrected chi connectivity index (χ0v) is 11.6. The predicted molar refractivity (Wildman–Crippen MR) is 70.6 cm³/mol. The fraction of sp³-hybridized carbons (Fsp3) is 0.214. The minimum atomic E-state index is -1.11. The van der Waals surface area contributed by atoms with Crippen LogP contribution < -0.4 is 0 Å². The largest absolute Gasteiger partial charge is 0.467 e. The number of hydrogen-bond acceptors (Lipinski definition) is 2. The smallest absolute Gasteiger partial charge is 0.255 e. The van der Waals surface area contributed by atoms with Gasteiger partial charge in [-0.2, -0.15) is 0 Å². The maximum Gasteiger partial charge on any atom is 0.255 e. The van der Waals surface area contributed by atoms with E-state index in [-0.39, 0.29) is 16.6 Å². The lowest BCUT2D eigenvalue weighted by molar-refractivity contribution is 0.0726. The topological polar surface area (TPSA) is 33.5 Å². The molecule has 1 aromatic carbocycles. The van der Waals surface area contributed by atoms with Crippen LogP contribution in [0.15, 0.2) is 34.9 Å². The summed E-state index contributed by atoms with van der Waals surface area (Å²) in [7, 11) is 1.53. The van der Waals surface area contributed by atoms with Gasteiger partial charge in [0.15, 0.2) is 11.6 Å². The van der Waals surface area contributed by atoms with Crippen LogP contribution in [0.4, 0.5) is 8.78 Å². The summed E-state index contributed by atoms with van der Waals surface area (Å²) >= 11 is 5.79. The molecule has 1 aromatic heterocycles. The van der Waals surface area contributed by atoms with Crippen molar-refractivity contribution < 1.29 is 18.0 Å². The van der Waals surface area contributed by atoms with E-state index in [0.717, 1.165) is 12.1 Å². The Kier molecular flexibility index (Phi) is 4.09. The van der Waals surface area contributed by atoms with Crippen molar-refractivity contribution in [3.8, 4) is 0 Å². The molecule has 1 unspecified atom stereocenters. The lowest BCUT2D eigenvalue weighted by Gasteiger charge is -2.23. The van der Waals surface area contributed by atoms with E-state index < -0.39 is 17.5 Å². The highest BCUT2D eigenvalue weighted by molar-refractivity contribution is 6.33. The van der Waals surface area contributed by atoms with E-state index in [1.807, 2.05) is 0 Å². The minimum Gasteiger partial charge on any atom is -0.467 e. The standard InChI is InChI=1S/C14H12ClF2NO2/c1-8(13-4-3-5-20-13)18(2)14(19)9-6-11(16)12(17)7-10(9)15/h3-8H,1-2H3. The van der Waals surface area contributed by atoms with Crippen molar-refractivity contribution in [1.82, 2.24) is 4.90 Å². The molecule has 0 bridgehead atoms. The molecule has 0 saturated heterocycles. The molecule has 0 N–H and O–H groups in total. The summed E-state index contributed by atoms with van der Waals surface area (Å²) in [4.78, 5) is 13.6. The van der Waals surface area contributed by atoms with Gasteiger partial charge in [-0.1, -0.05) is 11.6 Å². The fourth-order valence-electron chi connectivity index (χ4n) is 1.77. The molecule has 0 fully saturated rings. The van der Waals surface area contributed by atoms with Crippen LogP contribution in [0, 0.1) is 11.6 Å². The number of amides is 1. The highest BCUT2D eigenvalue weighted by atomic mass is 35.5.